The van der Waals surface area contributed by atoms with Crippen LogP contribution in [0.4, 0.5) is 17.6 Å². The summed E-state index contributed by atoms with van der Waals surface area (Å²) in [6.07, 6.45) is -5.07. The SMILES string of the molecule is CCc1c(-c2c(C(N)=O)nc3cccc(F)c3c2C(N)=O)c(C(F)(F)F)nn1Cc1ccc(C#N)cc1. The quantitative estimate of drug-likeness (QED) is 0.378. The molecule has 0 aliphatic carbocycles. The molecular formula is C25H18F4N6O2. The van der Waals surface area contributed by atoms with E-state index in [4.69, 9.17) is 16.7 Å². The van der Waals surface area contributed by atoms with Gasteiger partial charge in [0.15, 0.2) is 5.69 Å². The van der Waals surface area contributed by atoms with Crippen molar-refractivity contribution in [2.24, 2.45) is 11.5 Å². The molecule has 8 nitrogen and oxygen atoms in total. The summed E-state index contributed by atoms with van der Waals surface area (Å²) >= 11 is 0. The molecule has 0 unspecified atom stereocenters. The van der Waals surface area contributed by atoms with Gasteiger partial charge in [0.2, 0.25) is 5.91 Å². The molecule has 0 radical (unpaired) electrons. The van der Waals surface area contributed by atoms with Gasteiger partial charge in [0.1, 0.15) is 11.5 Å². The first kappa shape index (κ1) is 25.3. The molecule has 12 heteroatoms. The van der Waals surface area contributed by atoms with Crippen LogP contribution in [0.2, 0.25) is 0 Å². The molecule has 4 rings (SSSR count). The molecule has 0 atom stereocenters. The van der Waals surface area contributed by atoms with Gasteiger partial charge in [-0.15, -0.1) is 0 Å². The number of nitrogens with zero attached hydrogens (tertiary/aromatic N) is 4. The first-order chi connectivity index (χ1) is 17.5. The standard InChI is InChI=1S/C25H18F4N6O2/c1-2-16-18(22(25(27,28)29)34-35(16)11-13-8-6-12(10-30)7-9-13)19-20(23(31)36)17-14(26)4-3-5-15(17)33-21(19)24(32)37/h3-9H,2,11H2,1H3,(H2,31,36)(H2,32,37). The normalized spacial score (nSPS) is 11.5. The second kappa shape index (κ2) is 9.34. The Morgan fingerprint density at radius 2 is 1.73 bits per heavy atom. The first-order valence-corrected chi connectivity index (χ1v) is 10.9. The Hall–Kier alpha value is -4.79. The smallest absolute Gasteiger partial charge is 0.366 e. The second-order valence-corrected chi connectivity index (χ2v) is 8.06. The Morgan fingerprint density at radius 3 is 2.27 bits per heavy atom. The molecule has 188 valence electrons. The van der Waals surface area contributed by atoms with E-state index in [-0.39, 0.29) is 24.2 Å². The Kier molecular flexibility index (Phi) is 6.39. The molecule has 0 saturated carbocycles. The van der Waals surface area contributed by atoms with Crippen molar-refractivity contribution in [1.29, 1.82) is 5.26 Å². The number of alkyl halides is 3. The summed E-state index contributed by atoms with van der Waals surface area (Å²) in [5.74, 6) is -3.48. The summed E-state index contributed by atoms with van der Waals surface area (Å²) in [6, 6.07) is 11.6. The molecule has 4 N–H and O–H groups in total. The zero-order chi connectivity index (χ0) is 27.1. The zero-order valence-electron chi connectivity index (χ0n) is 19.2. The molecule has 2 amide bonds. The van der Waals surface area contributed by atoms with Gasteiger partial charge < -0.3 is 11.5 Å². The van der Waals surface area contributed by atoms with Gasteiger partial charge in [-0.05, 0) is 36.2 Å². The third kappa shape index (κ3) is 4.47. The maximum Gasteiger partial charge on any atom is 0.435 e. The molecule has 0 saturated heterocycles. The van der Waals surface area contributed by atoms with E-state index in [0.29, 0.717) is 11.1 Å². The lowest BCUT2D eigenvalue weighted by atomic mass is 9.91. The summed E-state index contributed by atoms with van der Waals surface area (Å²) in [5.41, 5.74) is 7.70. The van der Waals surface area contributed by atoms with Crippen LogP contribution in [0.5, 0.6) is 0 Å². The van der Waals surface area contributed by atoms with Crippen molar-refractivity contribution in [3.05, 3.63) is 82.1 Å². The molecule has 2 aromatic carbocycles. The van der Waals surface area contributed by atoms with E-state index in [9.17, 15) is 27.2 Å². The van der Waals surface area contributed by atoms with E-state index in [2.05, 4.69) is 10.1 Å². The number of carbonyl (C=O) groups excluding carboxylic acids is 2. The van der Waals surface area contributed by atoms with Crippen LogP contribution in [-0.4, -0.2) is 26.6 Å². The van der Waals surface area contributed by atoms with E-state index in [1.54, 1.807) is 19.1 Å². The van der Waals surface area contributed by atoms with Crippen LogP contribution in [0.15, 0.2) is 42.5 Å². The third-order valence-electron chi connectivity index (χ3n) is 5.77. The van der Waals surface area contributed by atoms with E-state index >= 15 is 0 Å². The summed E-state index contributed by atoms with van der Waals surface area (Å²) in [6.45, 7) is 1.42. The molecule has 2 aromatic heterocycles. The first-order valence-electron chi connectivity index (χ1n) is 10.9. The van der Waals surface area contributed by atoms with Gasteiger partial charge in [-0.25, -0.2) is 9.37 Å². The van der Waals surface area contributed by atoms with Crippen LogP contribution in [0.25, 0.3) is 22.0 Å². The fourth-order valence-corrected chi connectivity index (χ4v) is 4.25. The van der Waals surface area contributed by atoms with Crippen molar-refractivity contribution >= 4 is 22.7 Å². The van der Waals surface area contributed by atoms with Crippen molar-refractivity contribution in [3.8, 4) is 17.2 Å². The average Bonchev–Trinajstić information content (AvgIpc) is 3.21. The van der Waals surface area contributed by atoms with Gasteiger partial charge in [-0.3, -0.25) is 14.3 Å². The lowest BCUT2D eigenvalue weighted by Gasteiger charge is -2.17. The molecule has 0 aliphatic rings. The zero-order valence-corrected chi connectivity index (χ0v) is 19.2. The number of hydrogen-bond donors (Lipinski definition) is 2. The number of nitrogens with two attached hydrogens (primary N) is 2. The van der Waals surface area contributed by atoms with Crippen LogP contribution in [0, 0.1) is 17.1 Å². The van der Waals surface area contributed by atoms with Crippen LogP contribution in [0.1, 0.15) is 50.3 Å². The van der Waals surface area contributed by atoms with Crippen molar-refractivity contribution in [3.63, 3.8) is 0 Å². The van der Waals surface area contributed by atoms with Gasteiger partial charge in [0, 0.05) is 22.2 Å². The summed E-state index contributed by atoms with van der Waals surface area (Å²) in [4.78, 5) is 29.0. The number of hydrogen-bond acceptors (Lipinski definition) is 5. The van der Waals surface area contributed by atoms with E-state index in [1.165, 1.54) is 24.3 Å². The predicted octanol–water partition coefficient (Wildman–Crippen LogP) is 3.94. The maximum absolute atomic E-state index is 14.9. The number of fused-ring (bicyclic) bond motifs is 1. The number of amides is 2. The van der Waals surface area contributed by atoms with Crippen molar-refractivity contribution in [1.82, 2.24) is 14.8 Å². The highest BCUT2D eigenvalue weighted by Crippen LogP contribution is 2.43. The number of pyridine rings is 1. The number of benzene rings is 2. The molecule has 0 fully saturated rings. The number of nitriles is 1. The van der Waals surface area contributed by atoms with Crippen LogP contribution in [0.3, 0.4) is 0 Å². The number of rotatable bonds is 6. The van der Waals surface area contributed by atoms with E-state index in [1.807, 2.05) is 6.07 Å². The van der Waals surface area contributed by atoms with Crippen molar-refractivity contribution in [2.45, 2.75) is 26.1 Å². The lowest BCUT2D eigenvalue weighted by Crippen LogP contribution is -2.22. The average molecular weight is 510 g/mol. The van der Waals surface area contributed by atoms with Gasteiger partial charge in [-0.2, -0.15) is 23.5 Å². The Bertz CT molecular complexity index is 1600. The minimum Gasteiger partial charge on any atom is -0.366 e. The largest absolute Gasteiger partial charge is 0.435 e. The van der Waals surface area contributed by atoms with Gasteiger partial charge in [-0.1, -0.05) is 25.1 Å². The number of aromatic nitrogens is 3. The maximum atomic E-state index is 14.9. The third-order valence-corrected chi connectivity index (χ3v) is 5.77. The molecule has 37 heavy (non-hydrogen) atoms. The highest BCUT2D eigenvalue weighted by Gasteiger charge is 2.42. The fraction of sp³-hybridized carbons (Fsp3) is 0.160. The minimum absolute atomic E-state index is 0.0147. The monoisotopic (exact) mass is 510 g/mol. The number of carbonyl (C=O) groups is 2. The van der Waals surface area contributed by atoms with Crippen LogP contribution < -0.4 is 11.5 Å². The molecule has 2 heterocycles. The molecule has 0 bridgehead atoms. The molecule has 4 aromatic rings. The highest BCUT2D eigenvalue weighted by atomic mass is 19.4. The Labute approximate surface area is 207 Å². The van der Waals surface area contributed by atoms with E-state index in [0.717, 1.165) is 10.7 Å². The summed E-state index contributed by atoms with van der Waals surface area (Å²) in [7, 11) is 0. The minimum atomic E-state index is -5.04. The summed E-state index contributed by atoms with van der Waals surface area (Å²) < 4.78 is 58.9. The highest BCUT2D eigenvalue weighted by molar-refractivity contribution is 6.16. The predicted molar refractivity (Wildman–Crippen MR) is 125 cm³/mol. The van der Waals surface area contributed by atoms with Crippen molar-refractivity contribution < 1.29 is 27.2 Å². The van der Waals surface area contributed by atoms with Crippen molar-refractivity contribution in [2.75, 3.05) is 0 Å². The van der Waals surface area contributed by atoms with E-state index < -0.39 is 57.3 Å². The summed E-state index contributed by atoms with van der Waals surface area (Å²) in [5, 5.41) is 12.3. The van der Waals surface area contributed by atoms with Crippen LogP contribution in [-0.2, 0) is 19.1 Å². The number of halogens is 4. The number of primary amides is 2. The van der Waals surface area contributed by atoms with Gasteiger partial charge in [0.25, 0.3) is 5.91 Å². The molecule has 0 spiro atoms. The van der Waals surface area contributed by atoms with Crippen LogP contribution >= 0.6 is 0 Å². The van der Waals surface area contributed by atoms with Gasteiger partial charge in [0.05, 0.1) is 29.3 Å². The molecule has 0 aliphatic heterocycles. The van der Waals surface area contributed by atoms with Gasteiger partial charge >= 0.3 is 6.18 Å². The topological polar surface area (TPSA) is 141 Å². The molecular weight excluding hydrogens is 492 g/mol. The Morgan fingerprint density at radius 1 is 1.05 bits per heavy atom. The Balaban J connectivity index is 2.12. The second-order valence-electron chi connectivity index (χ2n) is 8.06. The fourth-order valence-electron chi connectivity index (χ4n) is 4.25. The lowest BCUT2D eigenvalue weighted by molar-refractivity contribution is -0.141.